The lowest BCUT2D eigenvalue weighted by atomic mass is 10.2. The molecule has 16 heavy (non-hydrogen) atoms. The Morgan fingerprint density at radius 2 is 2.31 bits per heavy atom. The van der Waals surface area contributed by atoms with Gasteiger partial charge in [0.2, 0.25) is 0 Å². The van der Waals surface area contributed by atoms with E-state index in [9.17, 15) is 4.79 Å². The zero-order valence-corrected chi connectivity index (χ0v) is 9.68. The Kier molecular flexibility index (Phi) is 3.07. The first-order valence-corrected chi connectivity index (χ1v) is 5.68. The van der Waals surface area contributed by atoms with Crippen molar-refractivity contribution in [2.75, 3.05) is 11.1 Å². The Morgan fingerprint density at radius 3 is 2.94 bits per heavy atom. The van der Waals surface area contributed by atoms with Crippen LogP contribution in [0, 0.1) is 0 Å². The number of nitrogens with two attached hydrogens (primary N) is 1. The van der Waals surface area contributed by atoms with Crippen molar-refractivity contribution in [2.45, 2.75) is 0 Å². The SMILES string of the molecule is Nc1cc(C(=O)Nc2nccs2)ccc1Cl. The first-order valence-electron chi connectivity index (χ1n) is 4.42. The average Bonchev–Trinajstić information content (AvgIpc) is 2.74. The summed E-state index contributed by atoms with van der Waals surface area (Å²) in [5.41, 5.74) is 6.45. The molecule has 1 aromatic carbocycles. The zero-order chi connectivity index (χ0) is 11.5. The second-order valence-corrected chi connectivity index (χ2v) is 4.33. The van der Waals surface area contributed by atoms with Gasteiger partial charge in [-0.25, -0.2) is 4.98 Å². The Morgan fingerprint density at radius 1 is 1.50 bits per heavy atom. The van der Waals surface area contributed by atoms with Crippen LogP contribution in [-0.4, -0.2) is 10.9 Å². The first kappa shape index (κ1) is 10.9. The quantitative estimate of drug-likeness (QED) is 0.809. The van der Waals surface area contributed by atoms with E-state index in [1.807, 2.05) is 0 Å². The molecular weight excluding hydrogens is 246 g/mol. The van der Waals surface area contributed by atoms with Gasteiger partial charge in [-0.2, -0.15) is 0 Å². The maximum atomic E-state index is 11.7. The summed E-state index contributed by atoms with van der Waals surface area (Å²) in [6, 6.07) is 4.74. The minimum absolute atomic E-state index is 0.252. The standard InChI is InChI=1S/C10H8ClN3OS/c11-7-2-1-6(5-8(7)12)9(15)14-10-13-3-4-16-10/h1-5H,12H2,(H,13,14,15). The summed E-state index contributed by atoms with van der Waals surface area (Å²) in [5, 5.41) is 5.43. The van der Waals surface area contributed by atoms with E-state index in [4.69, 9.17) is 17.3 Å². The summed E-state index contributed by atoms with van der Waals surface area (Å²) in [7, 11) is 0. The van der Waals surface area contributed by atoms with Crippen LogP contribution in [0.4, 0.5) is 10.8 Å². The summed E-state index contributed by atoms with van der Waals surface area (Å²) in [4.78, 5) is 15.7. The number of nitrogen functional groups attached to an aromatic ring is 1. The van der Waals surface area contributed by atoms with Crippen molar-refractivity contribution in [3.63, 3.8) is 0 Å². The number of amides is 1. The molecule has 0 atom stereocenters. The fourth-order valence-electron chi connectivity index (χ4n) is 1.14. The predicted octanol–water partition coefficient (Wildman–Crippen LogP) is 2.63. The van der Waals surface area contributed by atoms with Crippen molar-refractivity contribution in [2.24, 2.45) is 0 Å². The second kappa shape index (κ2) is 4.51. The fraction of sp³-hybridized carbons (Fsp3) is 0. The fourth-order valence-corrected chi connectivity index (χ4v) is 1.78. The number of thiazole rings is 1. The number of rotatable bonds is 2. The highest BCUT2D eigenvalue weighted by molar-refractivity contribution is 7.13. The van der Waals surface area contributed by atoms with E-state index in [1.54, 1.807) is 23.7 Å². The van der Waals surface area contributed by atoms with Crippen LogP contribution in [0.15, 0.2) is 29.8 Å². The van der Waals surface area contributed by atoms with Gasteiger partial charge in [-0.3, -0.25) is 10.1 Å². The molecule has 0 saturated carbocycles. The lowest BCUT2D eigenvalue weighted by Crippen LogP contribution is -2.11. The number of benzene rings is 1. The number of aromatic nitrogens is 1. The summed E-state index contributed by atoms with van der Waals surface area (Å²) in [6.45, 7) is 0. The van der Waals surface area contributed by atoms with Gasteiger partial charge in [0.25, 0.3) is 5.91 Å². The van der Waals surface area contributed by atoms with Crippen LogP contribution in [-0.2, 0) is 0 Å². The molecule has 4 nitrogen and oxygen atoms in total. The minimum Gasteiger partial charge on any atom is -0.398 e. The number of halogens is 1. The number of anilines is 2. The number of nitrogens with zero attached hydrogens (tertiary/aromatic N) is 1. The molecule has 1 heterocycles. The molecule has 0 saturated heterocycles. The van der Waals surface area contributed by atoms with Crippen LogP contribution >= 0.6 is 22.9 Å². The third kappa shape index (κ3) is 2.32. The summed E-state index contributed by atoms with van der Waals surface area (Å²) >= 11 is 7.11. The Hall–Kier alpha value is -1.59. The van der Waals surface area contributed by atoms with E-state index in [-0.39, 0.29) is 5.91 Å². The molecule has 1 aromatic heterocycles. The molecule has 0 fully saturated rings. The Labute approximate surface area is 101 Å². The predicted molar refractivity (Wildman–Crippen MR) is 65.9 cm³/mol. The van der Waals surface area contributed by atoms with Crippen LogP contribution < -0.4 is 11.1 Å². The molecule has 0 aliphatic rings. The maximum absolute atomic E-state index is 11.7. The molecule has 2 aromatic rings. The van der Waals surface area contributed by atoms with Gasteiger partial charge in [-0.05, 0) is 18.2 Å². The maximum Gasteiger partial charge on any atom is 0.257 e. The van der Waals surface area contributed by atoms with Crippen LogP contribution in [0.25, 0.3) is 0 Å². The molecule has 0 unspecified atom stereocenters. The minimum atomic E-state index is -0.252. The molecule has 6 heteroatoms. The van der Waals surface area contributed by atoms with Crippen molar-refractivity contribution < 1.29 is 4.79 Å². The van der Waals surface area contributed by atoms with Crippen LogP contribution in [0.5, 0.6) is 0 Å². The van der Waals surface area contributed by atoms with E-state index in [2.05, 4.69) is 10.3 Å². The van der Waals surface area contributed by atoms with E-state index in [0.717, 1.165) is 0 Å². The van der Waals surface area contributed by atoms with E-state index < -0.39 is 0 Å². The van der Waals surface area contributed by atoms with Gasteiger partial charge in [-0.15, -0.1) is 11.3 Å². The average molecular weight is 254 g/mol. The molecule has 3 N–H and O–H groups in total. The first-order chi connectivity index (χ1) is 7.66. The van der Waals surface area contributed by atoms with Crippen molar-refractivity contribution in [1.29, 1.82) is 0 Å². The van der Waals surface area contributed by atoms with Crippen molar-refractivity contribution in [3.05, 3.63) is 40.4 Å². The molecule has 82 valence electrons. The third-order valence-electron chi connectivity index (χ3n) is 1.91. The number of nitrogens with one attached hydrogen (secondary N) is 1. The molecule has 0 spiro atoms. The summed E-state index contributed by atoms with van der Waals surface area (Å²) < 4.78 is 0. The van der Waals surface area contributed by atoms with Gasteiger partial charge < -0.3 is 5.73 Å². The zero-order valence-electron chi connectivity index (χ0n) is 8.11. The highest BCUT2D eigenvalue weighted by Crippen LogP contribution is 2.20. The number of hydrogen-bond acceptors (Lipinski definition) is 4. The lowest BCUT2D eigenvalue weighted by Gasteiger charge is -2.03. The van der Waals surface area contributed by atoms with Gasteiger partial charge >= 0.3 is 0 Å². The second-order valence-electron chi connectivity index (χ2n) is 3.03. The van der Waals surface area contributed by atoms with Gasteiger partial charge in [0.1, 0.15) is 0 Å². The molecule has 0 bridgehead atoms. The Bertz CT molecular complexity index is 513. The van der Waals surface area contributed by atoms with Crippen molar-refractivity contribution in [3.8, 4) is 0 Å². The molecule has 0 aliphatic heterocycles. The van der Waals surface area contributed by atoms with E-state index in [0.29, 0.717) is 21.4 Å². The molecule has 0 radical (unpaired) electrons. The largest absolute Gasteiger partial charge is 0.398 e. The summed E-state index contributed by atoms with van der Waals surface area (Å²) in [5.74, 6) is -0.252. The third-order valence-corrected chi connectivity index (χ3v) is 2.94. The molecule has 1 amide bonds. The van der Waals surface area contributed by atoms with Crippen molar-refractivity contribution in [1.82, 2.24) is 4.98 Å². The van der Waals surface area contributed by atoms with Gasteiger partial charge in [0.05, 0.1) is 10.7 Å². The molecule has 0 aliphatic carbocycles. The molecular formula is C10H8ClN3OS. The van der Waals surface area contributed by atoms with E-state index in [1.165, 1.54) is 17.4 Å². The number of carbonyl (C=O) groups is 1. The highest BCUT2D eigenvalue weighted by atomic mass is 35.5. The number of hydrogen-bond donors (Lipinski definition) is 2. The van der Waals surface area contributed by atoms with Crippen LogP contribution in [0.3, 0.4) is 0 Å². The topological polar surface area (TPSA) is 68.0 Å². The lowest BCUT2D eigenvalue weighted by molar-refractivity contribution is 0.102. The van der Waals surface area contributed by atoms with Crippen molar-refractivity contribution >= 4 is 39.7 Å². The van der Waals surface area contributed by atoms with E-state index >= 15 is 0 Å². The highest BCUT2D eigenvalue weighted by Gasteiger charge is 2.08. The summed E-state index contributed by atoms with van der Waals surface area (Å²) in [6.07, 6.45) is 1.62. The van der Waals surface area contributed by atoms with Gasteiger partial charge in [0.15, 0.2) is 5.13 Å². The number of carbonyl (C=O) groups excluding carboxylic acids is 1. The molecule has 2 rings (SSSR count). The Balaban J connectivity index is 2.18. The smallest absolute Gasteiger partial charge is 0.257 e. The monoisotopic (exact) mass is 253 g/mol. The van der Waals surface area contributed by atoms with Crippen LogP contribution in [0.1, 0.15) is 10.4 Å². The van der Waals surface area contributed by atoms with Gasteiger partial charge in [0, 0.05) is 17.1 Å². The normalized spacial score (nSPS) is 10.1. The van der Waals surface area contributed by atoms with Gasteiger partial charge in [-0.1, -0.05) is 11.6 Å². The van der Waals surface area contributed by atoms with Crippen LogP contribution in [0.2, 0.25) is 5.02 Å².